The van der Waals surface area contributed by atoms with Gasteiger partial charge in [-0.15, -0.1) is 11.8 Å². The van der Waals surface area contributed by atoms with Crippen molar-refractivity contribution in [3.05, 3.63) is 53.6 Å². The second-order valence-electron chi connectivity index (χ2n) is 8.17. The molecule has 0 spiro atoms. The molecule has 0 radical (unpaired) electrons. The summed E-state index contributed by atoms with van der Waals surface area (Å²) in [5, 5.41) is 6.44. The number of hydrogen-bond donors (Lipinski definition) is 2. The molecule has 0 amide bonds. The Morgan fingerprint density at radius 2 is 1.60 bits per heavy atom. The zero-order valence-electron chi connectivity index (χ0n) is 18.2. The Kier molecular flexibility index (Phi) is 8.15. The quantitative estimate of drug-likeness (QED) is 0.692. The fraction of sp³-hybridized carbons (Fsp3) is 0.500. The van der Waals surface area contributed by atoms with E-state index in [1.165, 1.54) is 38.9 Å². The molecule has 5 rings (SSSR count). The van der Waals surface area contributed by atoms with Crippen LogP contribution in [0.5, 0.6) is 0 Å². The highest BCUT2D eigenvalue weighted by molar-refractivity contribution is 7.99. The summed E-state index contributed by atoms with van der Waals surface area (Å²) in [5.41, 5.74) is 3.01. The molecule has 0 saturated carbocycles. The smallest absolute Gasteiger partial charge is 0.0401 e. The van der Waals surface area contributed by atoms with Crippen LogP contribution in [0, 0.1) is 0 Å². The van der Waals surface area contributed by atoms with Crippen molar-refractivity contribution in [2.75, 3.05) is 65.7 Å². The Balaban J connectivity index is 0.000000313. The minimum atomic E-state index is 0.497. The van der Waals surface area contributed by atoms with Gasteiger partial charge in [0.25, 0.3) is 0 Å². The molecule has 4 nitrogen and oxygen atoms in total. The molecular formula is C24H34N4S2. The number of nitrogens with one attached hydrogen (secondary N) is 2. The van der Waals surface area contributed by atoms with Gasteiger partial charge in [-0.25, -0.2) is 0 Å². The third-order valence-corrected chi connectivity index (χ3v) is 8.05. The van der Waals surface area contributed by atoms with Crippen LogP contribution in [0.3, 0.4) is 0 Å². The van der Waals surface area contributed by atoms with E-state index < -0.39 is 0 Å². The van der Waals surface area contributed by atoms with Crippen LogP contribution in [0.15, 0.2) is 57.2 Å². The molecule has 2 saturated heterocycles. The van der Waals surface area contributed by atoms with Gasteiger partial charge in [-0.3, -0.25) is 4.90 Å². The summed E-state index contributed by atoms with van der Waals surface area (Å²) < 4.78 is 0. The number of rotatable bonds is 2. The van der Waals surface area contributed by atoms with E-state index in [1.807, 2.05) is 23.5 Å². The van der Waals surface area contributed by atoms with E-state index in [0.29, 0.717) is 6.04 Å². The van der Waals surface area contributed by atoms with Gasteiger partial charge in [0.05, 0.1) is 0 Å². The molecule has 2 aromatic rings. The molecule has 30 heavy (non-hydrogen) atoms. The molecule has 2 N–H and O–H groups in total. The molecule has 0 aliphatic carbocycles. The number of hydrogen-bond acceptors (Lipinski definition) is 6. The number of fused-ring (bicyclic) bond motifs is 2. The van der Waals surface area contributed by atoms with E-state index in [4.69, 9.17) is 0 Å². The summed E-state index contributed by atoms with van der Waals surface area (Å²) in [4.78, 5) is 9.37. The molecule has 0 aromatic heterocycles. The molecule has 3 heterocycles. The second kappa shape index (κ2) is 11.0. The van der Waals surface area contributed by atoms with Crippen molar-refractivity contribution < 1.29 is 0 Å². The second-order valence-corrected chi connectivity index (χ2v) is 10.1. The van der Waals surface area contributed by atoms with Crippen LogP contribution in [0.2, 0.25) is 0 Å². The van der Waals surface area contributed by atoms with Crippen LogP contribution in [-0.2, 0) is 6.42 Å². The Morgan fingerprint density at radius 3 is 2.27 bits per heavy atom. The number of benzene rings is 2. The average molecular weight is 443 g/mol. The lowest BCUT2D eigenvalue weighted by atomic mass is 9.96. The summed E-state index contributed by atoms with van der Waals surface area (Å²) in [7, 11) is 2.23. The van der Waals surface area contributed by atoms with Gasteiger partial charge in [-0.05, 0) is 55.1 Å². The molecule has 6 heteroatoms. The van der Waals surface area contributed by atoms with Crippen LogP contribution in [0.25, 0.3) is 0 Å². The van der Waals surface area contributed by atoms with Crippen LogP contribution in [0.4, 0.5) is 0 Å². The molecule has 0 bridgehead atoms. The predicted octanol–water partition coefficient (Wildman–Crippen LogP) is 3.58. The monoisotopic (exact) mass is 442 g/mol. The average Bonchev–Trinajstić information content (AvgIpc) is 2.97. The normalized spacial score (nSPS) is 22.3. The van der Waals surface area contributed by atoms with Crippen molar-refractivity contribution in [1.29, 1.82) is 0 Å². The van der Waals surface area contributed by atoms with Gasteiger partial charge in [0.1, 0.15) is 0 Å². The third kappa shape index (κ3) is 5.61. The van der Waals surface area contributed by atoms with Crippen LogP contribution in [-0.4, -0.2) is 75.5 Å². The van der Waals surface area contributed by atoms with E-state index in [0.717, 1.165) is 45.7 Å². The van der Waals surface area contributed by atoms with Crippen molar-refractivity contribution in [3.63, 3.8) is 0 Å². The lowest BCUT2D eigenvalue weighted by Gasteiger charge is -2.38. The molecule has 1 unspecified atom stereocenters. The standard InChI is InChI=1S/C20H24N2S2.C4H10N2/c1-21-9-11-22(12-10-21)18-13-15-5-3-4-6-19(15)24-20-8-7-16(23-2)14-17(18)20;1-2-6-4-3-5-1/h3-8,14,18H,9-13H2,1-2H3;5-6H,1-4H2. The van der Waals surface area contributed by atoms with Gasteiger partial charge in [0.2, 0.25) is 0 Å². The Morgan fingerprint density at radius 1 is 0.900 bits per heavy atom. The summed E-state index contributed by atoms with van der Waals surface area (Å²) in [5.74, 6) is 0. The van der Waals surface area contributed by atoms with Gasteiger partial charge < -0.3 is 15.5 Å². The number of piperazine rings is 2. The first-order valence-corrected chi connectivity index (χ1v) is 13.1. The number of nitrogens with zero attached hydrogens (tertiary/aromatic N) is 2. The summed E-state index contributed by atoms with van der Waals surface area (Å²) >= 11 is 3.79. The molecule has 162 valence electrons. The maximum absolute atomic E-state index is 3.22. The fourth-order valence-electron chi connectivity index (χ4n) is 4.28. The fourth-order valence-corrected chi connectivity index (χ4v) is 5.84. The van der Waals surface area contributed by atoms with E-state index in [2.05, 4.69) is 76.2 Å². The van der Waals surface area contributed by atoms with Crippen molar-refractivity contribution >= 4 is 23.5 Å². The summed E-state index contributed by atoms with van der Waals surface area (Å²) in [6, 6.07) is 16.5. The van der Waals surface area contributed by atoms with Gasteiger partial charge in [-0.2, -0.15) is 0 Å². The van der Waals surface area contributed by atoms with E-state index >= 15 is 0 Å². The van der Waals surface area contributed by atoms with Gasteiger partial charge in [0, 0.05) is 73.1 Å². The largest absolute Gasteiger partial charge is 0.314 e. The molecule has 3 aliphatic heterocycles. The minimum absolute atomic E-state index is 0.497. The minimum Gasteiger partial charge on any atom is -0.314 e. The summed E-state index contributed by atoms with van der Waals surface area (Å²) in [6.07, 6.45) is 3.29. The van der Waals surface area contributed by atoms with Crippen molar-refractivity contribution in [2.24, 2.45) is 0 Å². The number of thioether (sulfide) groups is 1. The van der Waals surface area contributed by atoms with Crippen molar-refractivity contribution in [1.82, 2.24) is 20.4 Å². The lowest BCUT2D eigenvalue weighted by molar-refractivity contribution is 0.109. The van der Waals surface area contributed by atoms with Crippen molar-refractivity contribution in [3.8, 4) is 0 Å². The van der Waals surface area contributed by atoms with E-state index in [1.54, 1.807) is 0 Å². The van der Waals surface area contributed by atoms with Gasteiger partial charge >= 0.3 is 0 Å². The molecule has 2 fully saturated rings. The predicted molar refractivity (Wildman–Crippen MR) is 130 cm³/mol. The maximum Gasteiger partial charge on any atom is 0.0401 e. The van der Waals surface area contributed by atoms with Crippen LogP contribution in [0.1, 0.15) is 17.2 Å². The van der Waals surface area contributed by atoms with E-state index in [-0.39, 0.29) is 0 Å². The molecule has 2 aromatic carbocycles. The van der Waals surface area contributed by atoms with Gasteiger partial charge in [0.15, 0.2) is 0 Å². The van der Waals surface area contributed by atoms with Crippen molar-refractivity contribution in [2.45, 2.75) is 27.1 Å². The van der Waals surface area contributed by atoms with Gasteiger partial charge in [-0.1, -0.05) is 30.0 Å². The van der Waals surface area contributed by atoms with Crippen LogP contribution >= 0.6 is 23.5 Å². The highest BCUT2D eigenvalue weighted by atomic mass is 32.2. The topological polar surface area (TPSA) is 30.5 Å². The Bertz CT molecular complexity index is 805. The first-order chi connectivity index (χ1) is 14.7. The van der Waals surface area contributed by atoms with E-state index in [9.17, 15) is 0 Å². The maximum atomic E-state index is 3.22. The Labute approximate surface area is 190 Å². The summed E-state index contributed by atoms with van der Waals surface area (Å²) in [6.45, 7) is 9.22. The molecule has 1 atom stereocenters. The molecular weight excluding hydrogens is 408 g/mol. The first kappa shape index (κ1) is 22.2. The SMILES string of the molecule is C1CNCCN1.CSc1ccc2c(c1)C(N1CCN(C)CC1)Cc1ccccc1S2. The lowest BCUT2D eigenvalue weighted by Crippen LogP contribution is -2.46. The zero-order chi connectivity index (χ0) is 20.8. The third-order valence-electron chi connectivity index (χ3n) is 6.12. The zero-order valence-corrected chi connectivity index (χ0v) is 19.8. The molecule has 3 aliphatic rings. The highest BCUT2D eigenvalue weighted by Crippen LogP contribution is 2.44. The Hall–Kier alpha value is -1.02. The van der Waals surface area contributed by atoms with Crippen LogP contribution < -0.4 is 10.6 Å². The number of likely N-dealkylation sites (N-methyl/N-ethyl adjacent to an activating group) is 1. The highest BCUT2D eigenvalue weighted by Gasteiger charge is 2.29. The first-order valence-electron chi connectivity index (χ1n) is 11.0.